The third-order valence-corrected chi connectivity index (χ3v) is 3.79. The Kier molecular flexibility index (Phi) is 4.70. The lowest BCUT2D eigenvalue weighted by Crippen LogP contribution is -1.98. The van der Waals surface area contributed by atoms with E-state index in [-0.39, 0.29) is 5.75 Å². The van der Waals surface area contributed by atoms with Crippen LogP contribution in [0, 0.1) is 6.92 Å². The van der Waals surface area contributed by atoms with E-state index in [9.17, 15) is 5.11 Å². The topological polar surface area (TPSA) is 76.5 Å². The number of nitrogens with zero attached hydrogens (tertiary/aromatic N) is 2. The van der Waals surface area contributed by atoms with E-state index >= 15 is 0 Å². The minimum absolute atomic E-state index is 0.0128. The summed E-state index contributed by atoms with van der Waals surface area (Å²) in [6.45, 7) is 2.01. The Hall–Kier alpha value is -3.28. The number of benzene rings is 2. The molecule has 0 amide bonds. The summed E-state index contributed by atoms with van der Waals surface area (Å²) in [7, 11) is 3.15. The number of rotatable bonds is 5. The first-order chi connectivity index (χ1) is 12.1. The molecule has 6 nitrogen and oxygen atoms in total. The Morgan fingerprint density at radius 2 is 1.64 bits per heavy atom. The largest absolute Gasteiger partial charge is 0.503 e. The van der Waals surface area contributed by atoms with Crippen LogP contribution in [-0.4, -0.2) is 29.3 Å². The molecule has 0 bridgehead atoms. The van der Waals surface area contributed by atoms with Gasteiger partial charge < -0.3 is 19.9 Å². The van der Waals surface area contributed by atoms with Crippen molar-refractivity contribution in [2.24, 2.45) is 0 Å². The number of aryl methyl sites for hydroxylation is 1. The van der Waals surface area contributed by atoms with Gasteiger partial charge in [-0.05, 0) is 19.1 Å². The minimum Gasteiger partial charge on any atom is -0.503 e. The van der Waals surface area contributed by atoms with Crippen LogP contribution in [0.4, 0.5) is 11.5 Å². The summed E-state index contributed by atoms with van der Waals surface area (Å²) in [6.07, 6.45) is 1.41. The second-order valence-electron chi connectivity index (χ2n) is 5.48. The maximum absolute atomic E-state index is 10.6. The van der Waals surface area contributed by atoms with Crippen LogP contribution in [0.3, 0.4) is 0 Å². The van der Waals surface area contributed by atoms with Gasteiger partial charge in [0.05, 0.1) is 14.2 Å². The molecule has 0 saturated heterocycles. The first-order valence-corrected chi connectivity index (χ1v) is 7.72. The number of methoxy groups -OCH3 is 2. The molecule has 1 heterocycles. The highest BCUT2D eigenvalue weighted by molar-refractivity contribution is 5.75. The summed E-state index contributed by atoms with van der Waals surface area (Å²) in [4.78, 5) is 8.33. The van der Waals surface area contributed by atoms with Gasteiger partial charge in [0.15, 0.2) is 23.1 Å². The molecule has 128 valence electrons. The molecule has 0 spiro atoms. The third-order valence-electron chi connectivity index (χ3n) is 3.79. The van der Waals surface area contributed by atoms with Gasteiger partial charge in [0, 0.05) is 17.3 Å². The highest BCUT2D eigenvalue weighted by Crippen LogP contribution is 2.35. The van der Waals surface area contributed by atoms with Crippen molar-refractivity contribution in [2.75, 3.05) is 19.5 Å². The van der Waals surface area contributed by atoms with Gasteiger partial charge in [-0.15, -0.1) is 0 Å². The molecule has 3 aromatic rings. The molecule has 0 aliphatic carbocycles. The monoisotopic (exact) mass is 337 g/mol. The van der Waals surface area contributed by atoms with Gasteiger partial charge in [0.25, 0.3) is 0 Å². The summed E-state index contributed by atoms with van der Waals surface area (Å²) >= 11 is 0. The van der Waals surface area contributed by atoms with E-state index in [1.54, 1.807) is 26.4 Å². The second-order valence-corrected chi connectivity index (χ2v) is 5.48. The lowest BCUT2D eigenvalue weighted by molar-refractivity contribution is 0.355. The zero-order chi connectivity index (χ0) is 17.8. The molecule has 0 saturated carbocycles. The minimum atomic E-state index is -0.0128. The normalized spacial score (nSPS) is 10.4. The predicted molar refractivity (Wildman–Crippen MR) is 96.7 cm³/mol. The molecule has 0 atom stereocenters. The number of anilines is 2. The molecule has 25 heavy (non-hydrogen) atoms. The SMILES string of the molecule is COc1ccc(Nc2ncnc(-c3ccc(C)cc3)c2O)cc1OC. The van der Waals surface area contributed by atoms with Crippen LogP contribution in [0.15, 0.2) is 48.8 Å². The van der Waals surface area contributed by atoms with Crippen molar-refractivity contribution >= 4 is 11.5 Å². The predicted octanol–water partition coefficient (Wildman–Crippen LogP) is 3.92. The van der Waals surface area contributed by atoms with Crippen molar-refractivity contribution in [2.45, 2.75) is 6.92 Å². The molecular weight excluding hydrogens is 318 g/mol. The van der Waals surface area contributed by atoms with Gasteiger partial charge in [-0.1, -0.05) is 29.8 Å². The fourth-order valence-electron chi connectivity index (χ4n) is 2.44. The van der Waals surface area contributed by atoms with Crippen LogP contribution in [0.2, 0.25) is 0 Å². The van der Waals surface area contributed by atoms with E-state index in [4.69, 9.17) is 9.47 Å². The van der Waals surface area contributed by atoms with Crippen molar-refractivity contribution in [1.29, 1.82) is 0 Å². The Morgan fingerprint density at radius 1 is 0.920 bits per heavy atom. The van der Waals surface area contributed by atoms with E-state index < -0.39 is 0 Å². The molecule has 2 N–H and O–H groups in total. The number of aromatic nitrogens is 2. The third kappa shape index (κ3) is 3.47. The van der Waals surface area contributed by atoms with E-state index in [0.717, 1.165) is 11.1 Å². The quantitative estimate of drug-likeness (QED) is 0.735. The van der Waals surface area contributed by atoms with E-state index in [1.165, 1.54) is 6.33 Å². The van der Waals surface area contributed by atoms with Crippen molar-refractivity contribution in [1.82, 2.24) is 9.97 Å². The average Bonchev–Trinajstić information content (AvgIpc) is 2.64. The molecule has 2 aromatic carbocycles. The Labute approximate surface area is 146 Å². The summed E-state index contributed by atoms with van der Waals surface area (Å²) < 4.78 is 10.5. The Balaban J connectivity index is 1.94. The number of ether oxygens (including phenoxy) is 2. The standard InChI is InChI=1S/C19H19N3O3/c1-12-4-6-13(7-5-12)17-18(23)19(21-11-20-17)22-14-8-9-15(24-2)16(10-14)25-3/h4-11,23H,1-3H3,(H,20,21,22). The molecule has 3 rings (SSSR count). The van der Waals surface area contributed by atoms with Crippen molar-refractivity contribution in [3.63, 3.8) is 0 Å². The maximum Gasteiger partial charge on any atom is 0.185 e. The molecule has 0 radical (unpaired) electrons. The highest BCUT2D eigenvalue weighted by Gasteiger charge is 2.13. The molecule has 0 aliphatic heterocycles. The van der Waals surface area contributed by atoms with E-state index in [0.29, 0.717) is 28.7 Å². The van der Waals surface area contributed by atoms with Gasteiger partial charge in [0.1, 0.15) is 12.0 Å². The number of aromatic hydroxyl groups is 1. The molecule has 0 unspecified atom stereocenters. The van der Waals surface area contributed by atoms with Crippen LogP contribution >= 0.6 is 0 Å². The number of nitrogens with one attached hydrogen (secondary N) is 1. The van der Waals surface area contributed by atoms with E-state index in [1.807, 2.05) is 37.3 Å². The summed E-state index contributed by atoms with van der Waals surface area (Å²) in [5.41, 5.74) is 3.14. The van der Waals surface area contributed by atoms with Crippen LogP contribution in [0.5, 0.6) is 17.2 Å². The number of hydrogen-bond donors (Lipinski definition) is 2. The van der Waals surface area contributed by atoms with Gasteiger partial charge in [-0.2, -0.15) is 0 Å². The fourth-order valence-corrected chi connectivity index (χ4v) is 2.44. The lowest BCUT2D eigenvalue weighted by Gasteiger charge is -2.13. The Bertz CT molecular complexity index is 880. The zero-order valence-electron chi connectivity index (χ0n) is 14.3. The fraction of sp³-hybridized carbons (Fsp3) is 0.158. The average molecular weight is 337 g/mol. The van der Waals surface area contributed by atoms with Gasteiger partial charge in [0.2, 0.25) is 0 Å². The van der Waals surface area contributed by atoms with Crippen LogP contribution in [-0.2, 0) is 0 Å². The maximum atomic E-state index is 10.6. The number of hydrogen-bond acceptors (Lipinski definition) is 6. The first kappa shape index (κ1) is 16.6. The van der Waals surface area contributed by atoms with E-state index in [2.05, 4.69) is 15.3 Å². The van der Waals surface area contributed by atoms with Crippen molar-refractivity contribution in [3.05, 3.63) is 54.4 Å². The highest BCUT2D eigenvalue weighted by atomic mass is 16.5. The summed E-state index contributed by atoms with van der Waals surface area (Å²) in [6, 6.07) is 13.1. The molecule has 6 heteroatoms. The second kappa shape index (κ2) is 7.09. The summed E-state index contributed by atoms with van der Waals surface area (Å²) in [5.74, 6) is 1.51. The van der Waals surface area contributed by atoms with Gasteiger partial charge >= 0.3 is 0 Å². The molecule has 0 aliphatic rings. The smallest absolute Gasteiger partial charge is 0.185 e. The molecule has 1 aromatic heterocycles. The first-order valence-electron chi connectivity index (χ1n) is 7.72. The van der Waals surface area contributed by atoms with Gasteiger partial charge in [-0.3, -0.25) is 0 Å². The molecule has 0 fully saturated rings. The van der Waals surface area contributed by atoms with Crippen LogP contribution < -0.4 is 14.8 Å². The molecular formula is C19H19N3O3. The lowest BCUT2D eigenvalue weighted by atomic mass is 10.1. The van der Waals surface area contributed by atoms with Crippen molar-refractivity contribution in [3.8, 4) is 28.5 Å². The van der Waals surface area contributed by atoms with Crippen LogP contribution in [0.1, 0.15) is 5.56 Å². The van der Waals surface area contributed by atoms with Crippen LogP contribution in [0.25, 0.3) is 11.3 Å². The Morgan fingerprint density at radius 3 is 2.32 bits per heavy atom. The van der Waals surface area contributed by atoms with Crippen molar-refractivity contribution < 1.29 is 14.6 Å². The van der Waals surface area contributed by atoms with Gasteiger partial charge in [-0.25, -0.2) is 9.97 Å². The zero-order valence-corrected chi connectivity index (χ0v) is 14.3. The summed E-state index contributed by atoms with van der Waals surface area (Å²) in [5, 5.41) is 13.6.